The molecule has 3 heteroatoms. The van der Waals surface area contributed by atoms with Crippen LogP contribution in [0.3, 0.4) is 0 Å². The quantitative estimate of drug-likeness (QED) is 0.837. The van der Waals surface area contributed by atoms with E-state index in [1.54, 1.807) is 0 Å². The number of nitrogens with zero attached hydrogens (tertiary/aromatic N) is 1. The van der Waals surface area contributed by atoms with E-state index in [0.29, 0.717) is 0 Å². The third kappa shape index (κ3) is 4.97. The minimum absolute atomic E-state index is 0.0425. The molecule has 0 spiro atoms. The number of rotatable bonds is 5. The van der Waals surface area contributed by atoms with Crippen LogP contribution in [0.15, 0.2) is 24.3 Å². The smallest absolute Gasteiger partial charge is 0.251 e. The Hall–Kier alpha value is -1.35. The molecule has 2 rings (SSSR count). The normalized spacial score (nSPS) is 16.6. The number of carbonyl (C=O) groups excluding carboxylic acids is 1. The minimum Gasteiger partial charge on any atom is -0.352 e. The maximum atomic E-state index is 11.9. The summed E-state index contributed by atoms with van der Waals surface area (Å²) < 4.78 is 0. The minimum atomic E-state index is 0.0425. The average Bonchev–Trinajstić information content (AvgIpc) is 2.73. The van der Waals surface area contributed by atoms with Gasteiger partial charge in [0.25, 0.3) is 5.91 Å². The van der Waals surface area contributed by atoms with Gasteiger partial charge in [-0.15, -0.1) is 0 Å². The summed E-state index contributed by atoms with van der Waals surface area (Å²) in [4.78, 5) is 14.5. The Kier molecular flexibility index (Phi) is 6.06. The molecule has 3 nitrogen and oxygen atoms in total. The Bertz CT molecular complexity index is 406. The first-order valence-corrected chi connectivity index (χ1v) is 7.83. The molecule has 20 heavy (non-hydrogen) atoms. The van der Waals surface area contributed by atoms with Crippen molar-refractivity contribution in [2.24, 2.45) is 0 Å². The van der Waals surface area contributed by atoms with Crippen molar-refractivity contribution in [3.8, 4) is 0 Å². The second-order valence-electron chi connectivity index (χ2n) is 5.73. The molecule has 1 aliphatic rings. The molecule has 1 fully saturated rings. The predicted octanol–water partition coefficient (Wildman–Crippen LogP) is 2.99. The molecule has 0 atom stereocenters. The van der Waals surface area contributed by atoms with Crippen LogP contribution in [-0.4, -0.2) is 37.0 Å². The van der Waals surface area contributed by atoms with Crippen molar-refractivity contribution in [1.82, 2.24) is 10.2 Å². The maximum Gasteiger partial charge on any atom is 0.251 e. The number of carbonyl (C=O) groups is 1. The molecule has 1 saturated heterocycles. The van der Waals surface area contributed by atoms with E-state index in [2.05, 4.69) is 10.2 Å². The van der Waals surface area contributed by atoms with Crippen LogP contribution in [0.5, 0.6) is 0 Å². The topological polar surface area (TPSA) is 32.3 Å². The standard InChI is InChI=1S/C17H26N2O/c1-15-7-9-16(10-8-15)17(20)18-11-6-14-19-12-4-2-3-5-13-19/h7-10H,2-6,11-14H2,1H3,(H,18,20). The molecule has 1 aliphatic heterocycles. The van der Waals surface area contributed by atoms with Gasteiger partial charge in [0.05, 0.1) is 0 Å². The zero-order chi connectivity index (χ0) is 14.2. The van der Waals surface area contributed by atoms with E-state index in [0.717, 1.165) is 25.1 Å². The van der Waals surface area contributed by atoms with E-state index >= 15 is 0 Å². The van der Waals surface area contributed by atoms with Crippen LogP contribution in [0.25, 0.3) is 0 Å². The Morgan fingerprint density at radius 1 is 1.10 bits per heavy atom. The van der Waals surface area contributed by atoms with E-state index in [1.807, 2.05) is 31.2 Å². The zero-order valence-corrected chi connectivity index (χ0v) is 12.5. The predicted molar refractivity (Wildman–Crippen MR) is 83.0 cm³/mol. The van der Waals surface area contributed by atoms with E-state index in [9.17, 15) is 4.79 Å². The average molecular weight is 274 g/mol. The van der Waals surface area contributed by atoms with Crippen molar-refractivity contribution in [1.29, 1.82) is 0 Å². The lowest BCUT2D eigenvalue weighted by Gasteiger charge is -2.19. The molecule has 110 valence electrons. The molecule has 0 aliphatic carbocycles. The summed E-state index contributed by atoms with van der Waals surface area (Å²) >= 11 is 0. The first-order chi connectivity index (χ1) is 9.75. The van der Waals surface area contributed by atoms with E-state index in [-0.39, 0.29) is 5.91 Å². The second-order valence-corrected chi connectivity index (χ2v) is 5.73. The Labute approximate surface area is 122 Å². The molecule has 1 amide bonds. The number of likely N-dealkylation sites (tertiary alicyclic amines) is 1. The van der Waals surface area contributed by atoms with Gasteiger partial charge in [0.1, 0.15) is 0 Å². The fourth-order valence-corrected chi connectivity index (χ4v) is 2.67. The summed E-state index contributed by atoms with van der Waals surface area (Å²) in [6, 6.07) is 7.73. The second kappa shape index (κ2) is 8.05. The van der Waals surface area contributed by atoms with Crippen LogP contribution in [0.4, 0.5) is 0 Å². The molecule has 1 N–H and O–H groups in total. The van der Waals surface area contributed by atoms with E-state index < -0.39 is 0 Å². The molecule has 0 aromatic heterocycles. The van der Waals surface area contributed by atoms with Crippen LogP contribution in [0.1, 0.15) is 48.0 Å². The van der Waals surface area contributed by atoms with Gasteiger partial charge < -0.3 is 10.2 Å². The van der Waals surface area contributed by atoms with Gasteiger partial charge in [-0.25, -0.2) is 0 Å². The van der Waals surface area contributed by atoms with Crippen LogP contribution < -0.4 is 5.32 Å². The summed E-state index contributed by atoms with van der Waals surface area (Å²) in [5.41, 5.74) is 1.94. The largest absolute Gasteiger partial charge is 0.352 e. The van der Waals surface area contributed by atoms with Crippen LogP contribution >= 0.6 is 0 Å². The first kappa shape index (κ1) is 15.0. The van der Waals surface area contributed by atoms with Crippen LogP contribution in [0.2, 0.25) is 0 Å². The summed E-state index contributed by atoms with van der Waals surface area (Å²) in [6.45, 7) is 6.36. The number of hydrogen-bond donors (Lipinski definition) is 1. The third-order valence-electron chi connectivity index (χ3n) is 3.95. The van der Waals surface area contributed by atoms with Gasteiger partial charge in [0.2, 0.25) is 0 Å². The SMILES string of the molecule is Cc1ccc(C(=O)NCCCN2CCCCCC2)cc1. The zero-order valence-electron chi connectivity index (χ0n) is 12.5. The molecule has 0 bridgehead atoms. The van der Waals surface area contributed by atoms with Crippen molar-refractivity contribution in [2.75, 3.05) is 26.2 Å². The maximum absolute atomic E-state index is 11.9. The summed E-state index contributed by atoms with van der Waals surface area (Å²) in [5.74, 6) is 0.0425. The lowest BCUT2D eigenvalue weighted by molar-refractivity contribution is 0.0951. The van der Waals surface area contributed by atoms with Crippen molar-refractivity contribution in [3.63, 3.8) is 0 Å². The molecule has 0 saturated carbocycles. The van der Waals surface area contributed by atoms with Crippen LogP contribution in [-0.2, 0) is 0 Å². The van der Waals surface area contributed by atoms with Gasteiger partial charge in [0, 0.05) is 12.1 Å². The van der Waals surface area contributed by atoms with E-state index in [1.165, 1.54) is 44.3 Å². The summed E-state index contributed by atoms with van der Waals surface area (Å²) in [7, 11) is 0. The van der Waals surface area contributed by atoms with E-state index in [4.69, 9.17) is 0 Å². The third-order valence-corrected chi connectivity index (χ3v) is 3.95. The summed E-state index contributed by atoms with van der Waals surface area (Å²) in [5, 5.41) is 3.01. The molecule has 1 aromatic carbocycles. The molecule has 1 heterocycles. The van der Waals surface area contributed by atoms with Crippen molar-refractivity contribution >= 4 is 5.91 Å². The highest BCUT2D eigenvalue weighted by Crippen LogP contribution is 2.09. The number of nitrogens with one attached hydrogen (secondary N) is 1. The fourth-order valence-electron chi connectivity index (χ4n) is 2.67. The first-order valence-electron chi connectivity index (χ1n) is 7.83. The Morgan fingerprint density at radius 3 is 2.40 bits per heavy atom. The highest BCUT2D eigenvalue weighted by Gasteiger charge is 2.09. The van der Waals surface area contributed by atoms with Crippen molar-refractivity contribution in [2.45, 2.75) is 39.0 Å². The molecular formula is C17H26N2O. The lowest BCUT2D eigenvalue weighted by Crippen LogP contribution is -2.30. The molecule has 1 aromatic rings. The number of benzene rings is 1. The molecule has 0 radical (unpaired) electrons. The number of amides is 1. The van der Waals surface area contributed by atoms with Gasteiger partial charge in [-0.2, -0.15) is 0 Å². The van der Waals surface area contributed by atoms with Crippen molar-refractivity contribution in [3.05, 3.63) is 35.4 Å². The molecule has 0 unspecified atom stereocenters. The van der Waals surface area contributed by atoms with Crippen LogP contribution in [0, 0.1) is 6.92 Å². The summed E-state index contributed by atoms with van der Waals surface area (Å²) in [6.07, 6.45) is 6.45. The van der Waals surface area contributed by atoms with Gasteiger partial charge in [0.15, 0.2) is 0 Å². The Morgan fingerprint density at radius 2 is 1.75 bits per heavy atom. The number of hydrogen-bond acceptors (Lipinski definition) is 2. The highest BCUT2D eigenvalue weighted by molar-refractivity contribution is 5.94. The van der Waals surface area contributed by atoms with Crippen molar-refractivity contribution < 1.29 is 4.79 Å². The van der Waals surface area contributed by atoms with Gasteiger partial charge in [-0.05, 0) is 58.0 Å². The fraction of sp³-hybridized carbons (Fsp3) is 0.588. The Balaban J connectivity index is 1.65. The van der Waals surface area contributed by atoms with Gasteiger partial charge >= 0.3 is 0 Å². The highest BCUT2D eigenvalue weighted by atomic mass is 16.1. The van der Waals surface area contributed by atoms with Gasteiger partial charge in [-0.1, -0.05) is 30.5 Å². The number of aryl methyl sites for hydroxylation is 1. The monoisotopic (exact) mass is 274 g/mol. The molecular weight excluding hydrogens is 248 g/mol. The van der Waals surface area contributed by atoms with Gasteiger partial charge in [-0.3, -0.25) is 4.79 Å². The lowest BCUT2D eigenvalue weighted by atomic mass is 10.1.